The lowest BCUT2D eigenvalue weighted by Gasteiger charge is -2.39. The SMILES string of the molecule is C=C/C(=C\C=C(/C)C1CN(Cc2cc(N)ccn2)C1)c1c(C)ccc(NC(/C=C(\N)NC(=O)C2CC2)=C(/N)C(NC)=C2CCC2)c1OC. The number of carbonyl (C=O) groups excluding carboxylic acids is 1. The topological polar surface area (TPSA) is 157 Å². The van der Waals surface area contributed by atoms with Crippen molar-refractivity contribution in [1.82, 2.24) is 20.5 Å². The molecule has 0 unspecified atom stereocenters. The Morgan fingerprint density at radius 3 is 2.50 bits per heavy atom. The van der Waals surface area contributed by atoms with Crippen LogP contribution in [0.4, 0.5) is 11.4 Å². The molecule has 0 radical (unpaired) electrons. The normalized spacial score (nSPS) is 17.9. The van der Waals surface area contributed by atoms with E-state index in [2.05, 4.69) is 58.4 Å². The number of nitrogens with zero attached hydrogens (tertiary/aromatic N) is 2. The van der Waals surface area contributed by atoms with Gasteiger partial charge in [0.05, 0.1) is 35.6 Å². The summed E-state index contributed by atoms with van der Waals surface area (Å²) in [5.41, 5.74) is 28.9. The van der Waals surface area contributed by atoms with Gasteiger partial charge in [0.25, 0.3) is 0 Å². The van der Waals surface area contributed by atoms with Crippen LogP contribution in [0.15, 0.2) is 95.4 Å². The van der Waals surface area contributed by atoms with Crippen LogP contribution in [-0.4, -0.2) is 43.0 Å². The van der Waals surface area contributed by atoms with Gasteiger partial charge in [-0.1, -0.05) is 36.4 Å². The molecule has 1 aliphatic heterocycles. The molecule has 48 heavy (non-hydrogen) atoms. The van der Waals surface area contributed by atoms with Crippen molar-refractivity contribution in [3.05, 3.63) is 112 Å². The number of amides is 1. The second-order valence-electron chi connectivity index (χ2n) is 12.9. The quantitative estimate of drug-likeness (QED) is 0.151. The smallest absolute Gasteiger partial charge is 0.228 e. The molecule has 10 nitrogen and oxygen atoms in total. The van der Waals surface area contributed by atoms with E-state index in [1.807, 2.05) is 37.4 Å². The third kappa shape index (κ3) is 8.12. The maximum Gasteiger partial charge on any atom is 0.228 e. The van der Waals surface area contributed by atoms with Crippen molar-refractivity contribution in [3.8, 4) is 5.75 Å². The molecule has 0 bridgehead atoms. The van der Waals surface area contributed by atoms with Gasteiger partial charge in [-0.15, -0.1) is 0 Å². The van der Waals surface area contributed by atoms with Gasteiger partial charge in [-0.25, -0.2) is 0 Å². The van der Waals surface area contributed by atoms with Crippen LogP contribution < -0.4 is 37.9 Å². The van der Waals surface area contributed by atoms with E-state index in [-0.39, 0.29) is 17.6 Å². The van der Waals surface area contributed by atoms with Crippen LogP contribution in [0.3, 0.4) is 0 Å². The van der Waals surface area contributed by atoms with Crippen LogP contribution in [0.2, 0.25) is 0 Å². The maximum atomic E-state index is 12.5. The first-order chi connectivity index (χ1) is 23.1. The van der Waals surface area contributed by atoms with Crippen molar-refractivity contribution < 1.29 is 9.53 Å². The van der Waals surface area contributed by atoms with Gasteiger partial charge in [-0.05, 0) is 80.9 Å². The summed E-state index contributed by atoms with van der Waals surface area (Å²) in [6, 6.07) is 7.75. The molecule has 2 heterocycles. The summed E-state index contributed by atoms with van der Waals surface area (Å²) in [5.74, 6) is 1.29. The van der Waals surface area contributed by atoms with E-state index in [9.17, 15) is 4.79 Å². The molecule has 9 N–H and O–H groups in total. The van der Waals surface area contributed by atoms with Crippen molar-refractivity contribution in [2.24, 2.45) is 23.3 Å². The number of nitrogen functional groups attached to an aromatic ring is 1. The monoisotopic (exact) mass is 650 g/mol. The number of allylic oxidation sites excluding steroid dienone is 6. The van der Waals surface area contributed by atoms with E-state index >= 15 is 0 Å². The molecule has 2 aliphatic carbocycles. The first kappa shape index (κ1) is 34.4. The van der Waals surface area contributed by atoms with Crippen LogP contribution in [0.25, 0.3) is 5.57 Å². The summed E-state index contributed by atoms with van der Waals surface area (Å²) in [4.78, 5) is 19.3. The average molecular weight is 651 g/mol. The average Bonchev–Trinajstić information content (AvgIpc) is 3.87. The van der Waals surface area contributed by atoms with Gasteiger partial charge in [0.1, 0.15) is 11.6 Å². The third-order valence-corrected chi connectivity index (χ3v) is 9.34. The lowest BCUT2D eigenvalue weighted by molar-refractivity contribution is -0.121. The van der Waals surface area contributed by atoms with Crippen molar-refractivity contribution in [1.29, 1.82) is 0 Å². The molecule has 2 aromatic rings. The fourth-order valence-corrected chi connectivity index (χ4v) is 6.11. The number of likely N-dealkylation sites (N-methyl/N-ethyl adjacent to an activating group) is 1. The third-order valence-electron chi connectivity index (χ3n) is 9.34. The molecular weight excluding hydrogens is 600 g/mol. The molecule has 0 spiro atoms. The molecule has 2 saturated carbocycles. The van der Waals surface area contributed by atoms with Crippen LogP contribution in [0.5, 0.6) is 5.75 Å². The highest BCUT2D eigenvalue weighted by atomic mass is 16.5. The molecule has 254 valence electrons. The number of pyridine rings is 1. The summed E-state index contributed by atoms with van der Waals surface area (Å²) >= 11 is 0. The zero-order valence-electron chi connectivity index (χ0n) is 28.7. The fraction of sp³-hybridized carbons (Fsp3) is 0.368. The minimum atomic E-state index is -0.0693. The number of rotatable bonds is 14. The van der Waals surface area contributed by atoms with Crippen LogP contribution in [0, 0.1) is 18.8 Å². The molecule has 1 amide bonds. The van der Waals surface area contributed by atoms with Crippen molar-refractivity contribution in [3.63, 3.8) is 0 Å². The number of hydrogen-bond donors (Lipinski definition) is 6. The summed E-state index contributed by atoms with van der Waals surface area (Å²) < 4.78 is 6.06. The Kier molecular flexibility index (Phi) is 11.0. The number of benzene rings is 1. The van der Waals surface area contributed by atoms with Gasteiger partial charge in [-0.3, -0.25) is 14.7 Å². The summed E-state index contributed by atoms with van der Waals surface area (Å²) in [5, 5.41) is 9.60. The number of nitrogens with two attached hydrogens (primary N) is 3. The van der Waals surface area contributed by atoms with Gasteiger partial charge >= 0.3 is 0 Å². The summed E-state index contributed by atoms with van der Waals surface area (Å²) in [6.45, 7) is 11.1. The maximum absolute atomic E-state index is 12.5. The number of nitrogens with one attached hydrogen (secondary N) is 3. The number of hydrogen-bond acceptors (Lipinski definition) is 9. The minimum Gasteiger partial charge on any atom is -0.494 e. The number of ether oxygens (including phenoxy) is 1. The van der Waals surface area contributed by atoms with Gasteiger partial charge in [0, 0.05) is 62.0 Å². The first-order valence-corrected chi connectivity index (χ1v) is 16.7. The summed E-state index contributed by atoms with van der Waals surface area (Å²) in [7, 11) is 3.53. The molecule has 10 heteroatoms. The number of methoxy groups -OCH3 is 1. The Morgan fingerprint density at radius 1 is 1.15 bits per heavy atom. The van der Waals surface area contributed by atoms with Crippen LogP contribution in [-0.2, 0) is 11.3 Å². The number of carbonyl (C=O) groups is 1. The van der Waals surface area contributed by atoms with E-state index in [0.29, 0.717) is 28.7 Å². The molecule has 3 aliphatic rings. The van der Waals surface area contributed by atoms with Crippen LogP contribution >= 0.6 is 0 Å². The standard InChI is InChI=1S/C38H50N8O2/c1-6-25(12-10-23(2)28-20-46(21-28)22-30-18-29(39)16-17-43-30)34-24(3)11-15-31(37(34)48-5)44-32(19-33(40)45-38(47)27-13-14-27)35(41)36(42-4)26-8-7-9-26/h6,10-12,15-19,27-28,42,44H,1,7-9,13-14,20-22,40-41H2,2-5H3,(H2,39,43)(H,45,47)/b23-10+,25-12+,33-19+,35-32+. The Bertz CT molecular complexity index is 1700. The van der Waals surface area contributed by atoms with Gasteiger partial charge < -0.3 is 37.9 Å². The molecular formula is C38H50N8O2. The Morgan fingerprint density at radius 2 is 1.90 bits per heavy atom. The van der Waals surface area contributed by atoms with Crippen molar-refractivity contribution in [2.45, 2.75) is 52.5 Å². The highest BCUT2D eigenvalue weighted by molar-refractivity contribution is 5.85. The molecule has 0 atom stereocenters. The molecule has 3 fully saturated rings. The number of aromatic nitrogens is 1. The summed E-state index contributed by atoms with van der Waals surface area (Å²) in [6.07, 6.45) is 14.5. The zero-order chi connectivity index (χ0) is 34.4. The Hall–Kier alpha value is -4.96. The largest absolute Gasteiger partial charge is 0.494 e. The van der Waals surface area contributed by atoms with E-state index in [0.717, 1.165) is 85.5 Å². The predicted octanol–water partition coefficient (Wildman–Crippen LogP) is 5.19. The minimum absolute atomic E-state index is 0.0240. The predicted molar refractivity (Wildman–Crippen MR) is 195 cm³/mol. The molecule has 1 aromatic heterocycles. The van der Waals surface area contributed by atoms with E-state index in [1.54, 1.807) is 19.4 Å². The van der Waals surface area contributed by atoms with Gasteiger partial charge in [0.15, 0.2) is 0 Å². The van der Waals surface area contributed by atoms with Crippen molar-refractivity contribution >= 4 is 22.9 Å². The van der Waals surface area contributed by atoms with E-state index in [1.165, 1.54) is 11.1 Å². The Balaban J connectivity index is 1.41. The number of anilines is 2. The van der Waals surface area contributed by atoms with Crippen molar-refractivity contribution in [2.75, 3.05) is 38.3 Å². The number of likely N-dealkylation sites (tertiary alicyclic amines) is 1. The van der Waals surface area contributed by atoms with E-state index in [4.69, 9.17) is 21.9 Å². The molecule has 5 rings (SSSR count). The van der Waals surface area contributed by atoms with Gasteiger partial charge in [0.2, 0.25) is 5.91 Å². The lowest BCUT2D eigenvalue weighted by Crippen LogP contribution is -2.46. The Labute approximate surface area is 284 Å². The van der Waals surface area contributed by atoms with Crippen LogP contribution in [0.1, 0.15) is 55.8 Å². The van der Waals surface area contributed by atoms with Gasteiger partial charge in [-0.2, -0.15) is 0 Å². The van der Waals surface area contributed by atoms with E-state index < -0.39 is 0 Å². The molecule has 1 saturated heterocycles. The zero-order valence-corrected chi connectivity index (χ0v) is 28.7. The lowest BCUT2D eigenvalue weighted by atomic mass is 9.89. The highest BCUT2D eigenvalue weighted by Gasteiger charge is 2.30. The second kappa shape index (κ2) is 15.3. The second-order valence-corrected chi connectivity index (χ2v) is 12.9. The first-order valence-electron chi connectivity index (χ1n) is 16.7. The number of aryl methyl sites for hydroxylation is 1. The fourth-order valence-electron chi connectivity index (χ4n) is 6.11. The highest BCUT2D eigenvalue weighted by Crippen LogP contribution is 2.39. The molecule has 1 aromatic carbocycles.